The molecule has 0 amide bonds. The van der Waals surface area contributed by atoms with Crippen molar-refractivity contribution in [3.63, 3.8) is 0 Å². The normalized spacial score (nSPS) is 10.8. The fraction of sp³-hybridized carbons (Fsp3) is 0.278. The molecule has 0 spiro atoms. The van der Waals surface area contributed by atoms with Gasteiger partial charge in [-0.15, -0.1) is 0 Å². The van der Waals surface area contributed by atoms with Crippen LogP contribution >= 0.6 is 35.4 Å². The summed E-state index contributed by atoms with van der Waals surface area (Å²) in [4.78, 5) is 1.92. The monoisotopic (exact) mass is 422 g/mol. The summed E-state index contributed by atoms with van der Waals surface area (Å²) in [7, 11) is 1.92. The maximum Gasteiger partial charge on any atom is 0.174 e. The lowest BCUT2D eigenvalue weighted by Crippen LogP contribution is -2.31. The molecule has 0 unspecified atom stereocenters. The molecule has 0 saturated carbocycles. The number of nitrogens with one attached hydrogen (secondary N) is 1. The molecule has 1 N–H and O–H groups in total. The van der Waals surface area contributed by atoms with E-state index in [1.165, 1.54) is 0 Å². The summed E-state index contributed by atoms with van der Waals surface area (Å²) in [6, 6.07) is 9.30. The Morgan fingerprint density at radius 2 is 1.81 bits per heavy atom. The fourth-order valence-corrected chi connectivity index (χ4v) is 3.23. The van der Waals surface area contributed by atoms with Crippen molar-refractivity contribution in [3.8, 4) is 0 Å². The number of thiocarbonyl (C=S) groups is 1. The molecule has 0 saturated heterocycles. The number of aromatic nitrogens is 4. The Balaban J connectivity index is 1.60. The van der Waals surface area contributed by atoms with E-state index in [1.54, 1.807) is 4.68 Å². The highest BCUT2D eigenvalue weighted by molar-refractivity contribution is 7.80. The van der Waals surface area contributed by atoms with Crippen molar-refractivity contribution >= 4 is 46.4 Å². The zero-order chi connectivity index (χ0) is 19.4. The van der Waals surface area contributed by atoms with Gasteiger partial charge in [0.25, 0.3) is 0 Å². The molecular formula is C18H20Cl2N6S. The number of benzene rings is 1. The first kappa shape index (κ1) is 19.7. The molecule has 27 heavy (non-hydrogen) atoms. The van der Waals surface area contributed by atoms with Gasteiger partial charge in [0.05, 0.1) is 18.8 Å². The molecule has 0 bridgehead atoms. The second kappa shape index (κ2) is 8.73. The molecule has 0 radical (unpaired) electrons. The molecule has 0 fully saturated rings. The van der Waals surface area contributed by atoms with E-state index in [2.05, 4.69) is 22.4 Å². The third kappa shape index (κ3) is 5.00. The first-order valence-electron chi connectivity index (χ1n) is 8.47. The maximum absolute atomic E-state index is 6.23. The zero-order valence-corrected chi connectivity index (χ0v) is 17.4. The summed E-state index contributed by atoms with van der Waals surface area (Å²) in [6.45, 7) is 4.00. The summed E-state index contributed by atoms with van der Waals surface area (Å²) < 4.78 is 3.65. The van der Waals surface area contributed by atoms with Crippen LogP contribution in [0, 0.1) is 0 Å². The Labute approximate surface area is 173 Å². The van der Waals surface area contributed by atoms with E-state index < -0.39 is 0 Å². The SMILES string of the molecule is CCn1ccc(CN(C)C(=S)Nc2ccn(Cc3c(Cl)cccc3Cl)n2)n1. The highest BCUT2D eigenvalue weighted by Crippen LogP contribution is 2.25. The minimum absolute atomic E-state index is 0.483. The molecule has 2 aromatic heterocycles. The molecular weight excluding hydrogens is 403 g/mol. The predicted octanol–water partition coefficient (Wildman–Crippen LogP) is 4.28. The highest BCUT2D eigenvalue weighted by atomic mass is 35.5. The van der Waals surface area contributed by atoms with Gasteiger partial charge in [0.1, 0.15) is 0 Å². The van der Waals surface area contributed by atoms with Crippen molar-refractivity contribution in [3.05, 3.63) is 64.0 Å². The lowest BCUT2D eigenvalue weighted by Gasteiger charge is -2.19. The summed E-state index contributed by atoms with van der Waals surface area (Å²) in [5.41, 5.74) is 1.80. The van der Waals surface area contributed by atoms with Gasteiger partial charge in [0, 0.05) is 47.7 Å². The van der Waals surface area contributed by atoms with Crippen molar-refractivity contribution in [1.82, 2.24) is 24.5 Å². The molecule has 0 aliphatic rings. The number of hydrogen-bond donors (Lipinski definition) is 1. The average molecular weight is 423 g/mol. The van der Waals surface area contributed by atoms with E-state index in [4.69, 9.17) is 35.4 Å². The average Bonchev–Trinajstić information content (AvgIpc) is 3.27. The standard InChI is InChI=1S/C18H20Cl2N6S/c1-3-25-9-7-13(22-25)11-24(2)18(27)21-17-8-10-26(23-17)12-14-15(19)5-4-6-16(14)20/h4-10H,3,11-12H2,1-2H3,(H,21,23,27). The summed E-state index contributed by atoms with van der Waals surface area (Å²) >= 11 is 17.9. The van der Waals surface area contributed by atoms with E-state index in [9.17, 15) is 0 Å². The summed E-state index contributed by atoms with van der Waals surface area (Å²) in [5.74, 6) is 0.661. The third-order valence-corrected chi connectivity index (χ3v) is 5.15. The van der Waals surface area contributed by atoms with Crippen molar-refractivity contribution in [2.24, 2.45) is 0 Å². The summed E-state index contributed by atoms with van der Waals surface area (Å²) in [6.07, 6.45) is 3.81. The first-order valence-corrected chi connectivity index (χ1v) is 9.63. The van der Waals surface area contributed by atoms with Crippen LogP contribution in [0.5, 0.6) is 0 Å². The number of nitrogens with zero attached hydrogens (tertiary/aromatic N) is 5. The molecule has 9 heteroatoms. The fourth-order valence-electron chi connectivity index (χ4n) is 2.55. The van der Waals surface area contributed by atoms with Crippen LogP contribution in [-0.2, 0) is 19.6 Å². The third-order valence-electron chi connectivity index (χ3n) is 4.02. The summed E-state index contributed by atoms with van der Waals surface area (Å²) in [5, 5.41) is 13.9. The van der Waals surface area contributed by atoms with E-state index >= 15 is 0 Å². The number of aryl methyl sites for hydroxylation is 1. The maximum atomic E-state index is 6.23. The van der Waals surface area contributed by atoms with Crippen molar-refractivity contribution < 1.29 is 0 Å². The van der Waals surface area contributed by atoms with Crippen LogP contribution in [0.2, 0.25) is 10.0 Å². The van der Waals surface area contributed by atoms with Gasteiger partial charge in [-0.2, -0.15) is 10.2 Å². The van der Waals surface area contributed by atoms with Gasteiger partial charge < -0.3 is 10.2 Å². The van der Waals surface area contributed by atoms with E-state index in [0.717, 1.165) is 17.8 Å². The Hall–Kier alpha value is -2.09. The molecule has 0 atom stereocenters. The molecule has 3 rings (SSSR count). The van der Waals surface area contributed by atoms with Gasteiger partial charge in [0.15, 0.2) is 10.9 Å². The van der Waals surface area contributed by atoms with Gasteiger partial charge in [0.2, 0.25) is 0 Å². The Morgan fingerprint density at radius 3 is 2.48 bits per heavy atom. The van der Waals surface area contributed by atoms with Gasteiger partial charge >= 0.3 is 0 Å². The van der Waals surface area contributed by atoms with E-state index in [1.807, 2.05) is 59.4 Å². The lowest BCUT2D eigenvalue weighted by molar-refractivity contribution is 0.491. The van der Waals surface area contributed by atoms with E-state index in [0.29, 0.717) is 34.1 Å². The first-order chi connectivity index (χ1) is 13.0. The second-order valence-electron chi connectivity index (χ2n) is 6.05. The molecule has 3 aromatic rings. The van der Waals surface area contributed by atoms with Gasteiger partial charge in [-0.25, -0.2) is 0 Å². The van der Waals surface area contributed by atoms with Crippen LogP contribution < -0.4 is 5.32 Å². The van der Waals surface area contributed by atoms with Crippen molar-refractivity contribution in [1.29, 1.82) is 0 Å². The van der Waals surface area contributed by atoms with Gasteiger partial charge in [-0.3, -0.25) is 9.36 Å². The predicted molar refractivity (Wildman–Crippen MR) is 113 cm³/mol. The molecule has 1 aromatic carbocycles. The molecule has 6 nitrogen and oxygen atoms in total. The van der Waals surface area contributed by atoms with Gasteiger partial charge in [-0.1, -0.05) is 29.3 Å². The zero-order valence-electron chi connectivity index (χ0n) is 15.1. The molecule has 2 heterocycles. The van der Waals surface area contributed by atoms with Crippen LogP contribution in [0.25, 0.3) is 0 Å². The number of anilines is 1. The minimum atomic E-state index is 0.483. The Bertz CT molecular complexity index is 915. The largest absolute Gasteiger partial charge is 0.346 e. The number of hydrogen-bond acceptors (Lipinski definition) is 3. The highest BCUT2D eigenvalue weighted by Gasteiger charge is 2.11. The van der Waals surface area contributed by atoms with Gasteiger partial charge in [-0.05, 0) is 37.3 Å². The smallest absolute Gasteiger partial charge is 0.174 e. The molecule has 0 aliphatic heterocycles. The Morgan fingerprint density at radius 1 is 1.11 bits per heavy atom. The van der Waals surface area contributed by atoms with Crippen molar-refractivity contribution in [2.45, 2.75) is 26.6 Å². The topological polar surface area (TPSA) is 50.9 Å². The second-order valence-corrected chi connectivity index (χ2v) is 7.25. The Kier molecular flexibility index (Phi) is 6.36. The lowest BCUT2D eigenvalue weighted by atomic mass is 10.2. The van der Waals surface area contributed by atoms with Crippen LogP contribution in [0.3, 0.4) is 0 Å². The molecule has 0 aliphatic carbocycles. The van der Waals surface area contributed by atoms with E-state index in [-0.39, 0.29) is 0 Å². The van der Waals surface area contributed by atoms with Crippen LogP contribution in [-0.4, -0.2) is 36.6 Å². The van der Waals surface area contributed by atoms with Crippen LogP contribution in [0.4, 0.5) is 5.82 Å². The minimum Gasteiger partial charge on any atom is -0.346 e. The molecule has 142 valence electrons. The van der Waals surface area contributed by atoms with Crippen molar-refractivity contribution in [2.75, 3.05) is 12.4 Å². The van der Waals surface area contributed by atoms with Crippen LogP contribution in [0.15, 0.2) is 42.7 Å². The quantitative estimate of drug-likeness (QED) is 0.600. The number of halogens is 2. The van der Waals surface area contributed by atoms with Crippen LogP contribution in [0.1, 0.15) is 18.2 Å². The number of rotatable bonds is 6.